The highest BCUT2D eigenvalue weighted by molar-refractivity contribution is 6.26. The molecule has 1 heterocycles. The second-order valence-corrected chi connectivity index (χ2v) is 12.9. The van der Waals surface area contributed by atoms with Gasteiger partial charge in [0.15, 0.2) is 0 Å². The van der Waals surface area contributed by atoms with Crippen LogP contribution in [0.4, 0.5) is 17.1 Å². The van der Waals surface area contributed by atoms with Gasteiger partial charge in [-0.15, -0.1) is 0 Å². The van der Waals surface area contributed by atoms with Crippen molar-refractivity contribution in [2.24, 2.45) is 0 Å². The molecule has 0 aliphatic heterocycles. The average Bonchev–Trinajstić information content (AvgIpc) is 3.59. The maximum atomic E-state index is 7.01. The van der Waals surface area contributed by atoms with E-state index in [0.29, 0.717) is 0 Å². The molecule has 0 saturated carbocycles. The van der Waals surface area contributed by atoms with Gasteiger partial charge in [0.2, 0.25) is 0 Å². The monoisotopic (exact) mass is 637 g/mol. The van der Waals surface area contributed by atoms with Gasteiger partial charge in [-0.25, -0.2) is 0 Å². The Labute approximate surface area is 290 Å². The Balaban J connectivity index is 1.31. The number of hydrogen-bond acceptors (Lipinski definition) is 2. The van der Waals surface area contributed by atoms with Crippen LogP contribution in [0, 0.1) is 0 Å². The van der Waals surface area contributed by atoms with E-state index in [2.05, 4.69) is 193 Å². The Morgan fingerprint density at radius 3 is 1.64 bits per heavy atom. The molecule has 0 bridgehead atoms. The second kappa shape index (κ2) is 11.5. The highest BCUT2D eigenvalue weighted by Crippen LogP contribution is 2.48. The van der Waals surface area contributed by atoms with Crippen molar-refractivity contribution in [2.75, 3.05) is 4.90 Å². The minimum atomic E-state index is 0.860. The Bertz CT molecular complexity index is 2800. The molecule has 0 radical (unpaired) electrons. The Kier molecular flexibility index (Phi) is 6.53. The summed E-state index contributed by atoms with van der Waals surface area (Å²) in [4.78, 5) is 2.40. The van der Waals surface area contributed by atoms with Crippen LogP contribution < -0.4 is 4.90 Å². The van der Waals surface area contributed by atoms with Crippen LogP contribution in [0.1, 0.15) is 0 Å². The van der Waals surface area contributed by atoms with E-state index in [1.807, 2.05) is 0 Å². The summed E-state index contributed by atoms with van der Waals surface area (Å²) in [7, 11) is 0. The van der Waals surface area contributed by atoms with Crippen LogP contribution >= 0.6 is 0 Å². The average molecular weight is 638 g/mol. The van der Waals surface area contributed by atoms with Gasteiger partial charge < -0.3 is 9.32 Å². The van der Waals surface area contributed by atoms with Gasteiger partial charge in [0.25, 0.3) is 0 Å². The zero-order valence-electron chi connectivity index (χ0n) is 27.3. The lowest BCUT2D eigenvalue weighted by molar-refractivity contribution is 0.670. The minimum Gasteiger partial charge on any atom is -0.455 e. The van der Waals surface area contributed by atoms with Crippen LogP contribution in [-0.4, -0.2) is 0 Å². The van der Waals surface area contributed by atoms with Crippen LogP contribution in [0.15, 0.2) is 192 Å². The van der Waals surface area contributed by atoms with Crippen molar-refractivity contribution in [1.82, 2.24) is 0 Å². The molecular weight excluding hydrogens is 607 g/mol. The summed E-state index contributed by atoms with van der Waals surface area (Å²) in [5.41, 5.74) is 9.61. The van der Waals surface area contributed by atoms with Crippen LogP contribution in [0.3, 0.4) is 0 Å². The Hall–Kier alpha value is -6.64. The van der Waals surface area contributed by atoms with Crippen LogP contribution in [0.5, 0.6) is 0 Å². The maximum absolute atomic E-state index is 7.01. The summed E-state index contributed by atoms with van der Waals surface area (Å²) in [5.74, 6) is 0. The number of anilines is 3. The second-order valence-electron chi connectivity index (χ2n) is 12.9. The fraction of sp³-hybridized carbons (Fsp3) is 0. The van der Waals surface area contributed by atoms with Gasteiger partial charge in [0.1, 0.15) is 11.2 Å². The predicted octanol–water partition coefficient (Wildman–Crippen LogP) is 13.8. The van der Waals surface area contributed by atoms with Crippen molar-refractivity contribution < 1.29 is 4.42 Å². The van der Waals surface area contributed by atoms with Crippen LogP contribution in [0.2, 0.25) is 0 Å². The third-order valence-corrected chi connectivity index (χ3v) is 9.99. The molecule has 0 spiro atoms. The van der Waals surface area contributed by atoms with Crippen LogP contribution in [-0.2, 0) is 0 Å². The zero-order chi connectivity index (χ0) is 33.0. The van der Waals surface area contributed by atoms with Gasteiger partial charge in [-0.2, -0.15) is 0 Å². The quantitative estimate of drug-likeness (QED) is 0.187. The van der Waals surface area contributed by atoms with Crippen molar-refractivity contribution in [3.63, 3.8) is 0 Å². The molecule has 234 valence electrons. The molecule has 0 aliphatic carbocycles. The molecule has 0 atom stereocenters. The Morgan fingerprint density at radius 1 is 0.360 bits per heavy atom. The molecule has 50 heavy (non-hydrogen) atoms. The van der Waals surface area contributed by atoms with Gasteiger partial charge in [-0.05, 0) is 91.5 Å². The van der Waals surface area contributed by atoms with E-state index >= 15 is 0 Å². The number of hydrogen-bond donors (Lipinski definition) is 0. The van der Waals surface area contributed by atoms with E-state index in [0.717, 1.165) is 50.1 Å². The number of rotatable bonds is 5. The molecule has 2 nitrogen and oxygen atoms in total. The molecule has 0 amide bonds. The molecule has 0 N–H and O–H groups in total. The normalized spacial score (nSPS) is 11.6. The summed E-state index contributed by atoms with van der Waals surface area (Å²) < 4.78 is 7.01. The summed E-state index contributed by atoms with van der Waals surface area (Å²) in [5, 5.41) is 9.40. The molecule has 10 aromatic rings. The molecule has 10 rings (SSSR count). The number of benzene rings is 9. The van der Waals surface area contributed by atoms with E-state index in [9.17, 15) is 0 Å². The molecule has 9 aromatic carbocycles. The van der Waals surface area contributed by atoms with Gasteiger partial charge in [0.05, 0.1) is 11.1 Å². The zero-order valence-corrected chi connectivity index (χ0v) is 27.3. The standard InChI is InChI=1S/C48H31NO/c1-2-15-34(16-3-1)40-20-10-11-22-42(40)43-31-37-19-8-9-21-41(37)46-47-44(23-12-24-45(47)50-48(43)46)49(38-27-25-32-13-4-6-17-35(32)29-38)39-28-26-33-14-5-7-18-36(33)30-39/h1-31H. The van der Waals surface area contributed by atoms with E-state index in [4.69, 9.17) is 4.42 Å². The number of nitrogens with zero attached hydrogens (tertiary/aromatic N) is 1. The lowest BCUT2D eigenvalue weighted by Crippen LogP contribution is -2.10. The first kappa shape index (κ1) is 28.4. The highest BCUT2D eigenvalue weighted by Gasteiger charge is 2.24. The van der Waals surface area contributed by atoms with Crippen molar-refractivity contribution in [3.05, 3.63) is 188 Å². The Morgan fingerprint density at radius 2 is 0.940 bits per heavy atom. The van der Waals surface area contributed by atoms with E-state index in [1.165, 1.54) is 43.4 Å². The van der Waals surface area contributed by atoms with Gasteiger partial charge in [-0.3, -0.25) is 0 Å². The SMILES string of the molecule is c1ccc(-c2ccccc2-c2cc3ccccc3c3c2oc2cccc(N(c4ccc5ccccc5c4)c4ccc5ccccc5c4)c23)cc1. The van der Waals surface area contributed by atoms with Gasteiger partial charge in [0, 0.05) is 22.3 Å². The predicted molar refractivity (Wildman–Crippen MR) is 212 cm³/mol. The third-order valence-electron chi connectivity index (χ3n) is 9.99. The largest absolute Gasteiger partial charge is 0.455 e. The molecular formula is C48H31NO. The third kappa shape index (κ3) is 4.57. The summed E-state index contributed by atoms with van der Waals surface area (Å²) >= 11 is 0. The van der Waals surface area contributed by atoms with Crippen LogP contribution in [0.25, 0.3) is 76.5 Å². The van der Waals surface area contributed by atoms with Crippen molar-refractivity contribution in [2.45, 2.75) is 0 Å². The highest BCUT2D eigenvalue weighted by atomic mass is 16.3. The maximum Gasteiger partial charge on any atom is 0.143 e. The van der Waals surface area contributed by atoms with Gasteiger partial charge in [-0.1, -0.05) is 146 Å². The lowest BCUT2D eigenvalue weighted by Gasteiger charge is -2.27. The fourth-order valence-electron chi connectivity index (χ4n) is 7.68. The van der Waals surface area contributed by atoms with Gasteiger partial charge >= 0.3 is 0 Å². The van der Waals surface area contributed by atoms with Crippen molar-refractivity contribution in [3.8, 4) is 22.3 Å². The summed E-state index contributed by atoms with van der Waals surface area (Å²) in [6.07, 6.45) is 0. The molecule has 0 aliphatic rings. The molecule has 0 unspecified atom stereocenters. The van der Waals surface area contributed by atoms with Crippen molar-refractivity contribution in [1.29, 1.82) is 0 Å². The summed E-state index contributed by atoms with van der Waals surface area (Å²) in [6.45, 7) is 0. The first-order valence-electron chi connectivity index (χ1n) is 17.1. The number of furan rings is 1. The van der Waals surface area contributed by atoms with E-state index < -0.39 is 0 Å². The summed E-state index contributed by atoms with van der Waals surface area (Å²) in [6, 6.07) is 67.4. The van der Waals surface area contributed by atoms with E-state index in [1.54, 1.807) is 0 Å². The smallest absolute Gasteiger partial charge is 0.143 e. The lowest BCUT2D eigenvalue weighted by atomic mass is 9.91. The first-order valence-corrected chi connectivity index (χ1v) is 17.1. The molecule has 1 aromatic heterocycles. The first-order chi connectivity index (χ1) is 24.8. The topological polar surface area (TPSA) is 16.4 Å². The van der Waals surface area contributed by atoms with E-state index in [-0.39, 0.29) is 0 Å². The fourth-order valence-corrected chi connectivity index (χ4v) is 7.68. The molecule has 2 heteroatoms. The number of fused-ring (bicyclic) bond motifs is 7. The molecule has 0 fully saturated rings. The molecule has 0 saturated heterocycles. The van der Waals surface area contributed by atoms with Crippen molar-refractivity contribution >= 4 is 71.3 Å². The minimum absolute atomic E-state index is 0.860.